The lowest BCUT2D eigenvalue weighted by Gasteiger charge is -2.51. The van der Waals surface area contributed by atoms with Crippen LogP contribution < -0.4 is 9.47 Å². The van der Waals surface area contributed by atoms with Crippen LogP contribution in [0.4, 0.5) is 0 Å². The normalized spacial score (nSPS) is 30.0. The maximum atomic E-state index is 10.9. The third-order valence-electron chi connectivity index (χ3n) is 5.80. The summed E-state index contributed by atoms with van der Waals surface area (Å²) in [6, 6.07) is 4.51. The van der Waals surface area contributed by atoms with Gasteiger partial charge in [0.2, 0.25) is 0 Å². The molecule has 1 saturated heterocycles. The zero-order chi connectivity index (χ0) is 17.5. The molecule has 0 unspecified atom stereocenters. The number of aliphatic hydroxyl groups is 1. The minimum Gasteiger partial charge on any atom is -0.493 e. The summed E-state index contributed by atoms with van der Waals surface area (Å²) in [7, 11) is 3.36. The van der Waals surface area contributed by atoms with Gasteiger partial charge < -0.3 is 14.6 Å². The van der Waals surface area contributed by atoms with Crippen LogP contribution in [0.1, 0.15) is 50.8 Å². The number of ether oxygens (including phenoxy) is 2. The van der Waals surface area contributed by atoms with E-state index in [0.717, 1.165) is 43.9 Å². The highest BCUT2D eigenvalue weighted by Gasteiger charge is 2.45. The second-order valence-corrected chi connectivity index (χ2v) is 8.15. The van der Waals surface area contributed by atoms with Crippen molar-refractivity contribution in [3.8, 4) is 11.5 Å². The maximum absolute atomic E-state index is 10.9. The Morgan fingerprint density at radius 3 is 2.54 bits per heavy atom. The van der Waals surface area contributed by atoms with Gasteiger partial charge in [-0.3, -0.25) is 4.90 Å². The number of hydrogen-bond donors (Lipinski definition) is 1. The predicted octanol–water partition coefficient (Wildman–Crippen LogP) is 3.42. The van der Waals surface area contributed by atoms with E-state index >= 15 is 0 Å². The third kappa shape index (κ3) is 3.02. The number of rotatable bonds is 4. The summed E-state index contributed by atoms with van der Waals surface area (Å²) in [5, 5.41) is 10.9. The van der Waals surface area contributed by atoms with Crippen LogP contribution in [0.25, 0.3) is 0 Å². The number of piperidine rings is 1. The Bertz CT molecular complexity index is 601. The van der Waals surface area contributed by atoms with Gasteiger partial charge in [-0.15, -0.1) is 0 Å². The van der Waals surface area contributed by atoms with Crippen molar-refractivity contribution in [1.82, 2.24) is 4.90 Å². The Labute approximate surface area is 145 Å². The van der Waals surface area contributed by atoms with Gasteiger partial charge in [0.25, 0.3) is 0 Å². The smallest absolute Gasteiger partial charge is 0.161 e. The van der Waals surface area contributed by atoms with Crippen LogP contribution in [0, 0.1) is 11.3 Å². The summed E-state index contributed by atoms with van der Waals surface area (Å²) in [5.74, 6) is 2.18. The van der Waals surface area contributed by atoms with Gasteiger partial charge in [-0.2, -0.15) is 0 Å². The lowest BCUT2D eigenvalue weighted by molar-refractivity contribution is -0.0754. The molecule has 2 heterocycles. The molecule has 24 heavy (non-hydrogen) atoms. The van der Waals surface area contributed by atoms with Crippen molar-refractivity contribution >= 4 is 0 Å². The van der Waals surface area contributed by atoms with E-state index in [0.29, 0.717) is 5.92 Å². The summed E-state index contributed by atoms with van der Waals surface area (Å²) in [6.07, 6.45) is 2.63. The number of aliphatic hydroxyl groups excluding tert-OH is 1. The number of fused-ring (bicyclic) bond motifs is 3. The Hall–Kier alpha value is -1.26. The van der Waals surface area contributed by atoms with E-state index in [1.165, 1.54) is 11.1 Å². The summed E-state index contributed by atoms with van der Waals surface area (Å²) < 4.78 is 10.9. The molecule has 0 aromatic heterocycles. The molecule has 0 amide bonds. The Balaban J connectivity index is 1.91. The number of nitrogens with zero attached hydrogens (tertiary/aromatic N) is 1. The average Bonchev–Trinajstić information content (AvgIpc) is 2.54. The van der Waals surface area contributed by atoms with Crippen molar-refractivity contribution < 1.29 is 14.6 Å². The predicted molar refractivity (Wildman–Crippen MR) is 95.7 cm³/mol. The number of hydrogen-bond acceptors (Lipinski definition) is 4. The second-order valence-electron chi connectivity index (χ2n) is 8.15. The van der Waals surface area contributed by atoms with Gasteiger partial charge in [0, 0.05) is 24.5 Å². The van der Waals surface area contributed by atoms with E-state index in [1.807, 2.05) is 0 Å². The van der Waals surface area contributed by atoms with Crippen molar-refractivity contribution in [2.24, 2.45) is 11.3 Å². The highest BCUT2D eigenvalue weighted by Crippen LogP contribution is 2.47. The van der Waals surface area contributed by atoms with Crippen LogP contribution in [-0.2, 0) is 6.42 Å². The van der Waals surface area contributed by atoms with Gasteiger partial charge in [0.15, 0.2) is 11.5 Å². The maximum Gasteiger partial charge on any atom is 0.161 e. The Kier molecular flexibility index (Phi) is 4.80. The summed E-state index contributed by atoms with van der Waals surface area (Å²) in [5.41, 5.74) is 2.61. The van der Waals surface area contributed by atoms with Crippen LogP contribution in [0.3, 0.4) is 0 Å². The monoisotopic (exact) mass is 333 g/mol. The van der Waals surface area contributed by atoms with Crippen molar-refractivity contribution in [3.05, 3.63) is 23.3 Å². The topological polar surface area (TPSA) is 41.9 Å². The molecular formula is C20H31NO3. The molecule has 0 saturated carbocycles. The first-order valence-electron chi connectivity index (χ1n) is 9.05. The first-order valence-corrected chi connectivity index (χ1v) is 9.05. The molecule has 1 aromatic carbocycles. The first-order chi connectivity index (χ1) is 11.4. The van der Waals surface area contributed by atoms with E-state index < -0.39 is 0 Å². The van der Waals surface area contributed by atoms with Crippen molar-refractivity contribution in [2.45, 2.75) is 52.2 Å². The average molecular weight is 333 g/mol. The van der Waals surface area contributed by atoms with Crippen molar-refractivity contribution in [2.75, 3.05) is 27.3 Å². The Morgan fingerprint density at radius 1 is 1.25 bits per heavy atom. The highest BCUT2D eigenvalue weighted by molar-refractivity contribution is 5.49. The van der Waals surface area contributed by atoms with Crippen LogP contribution >= 0.6 is 0 Å². The minimum atomic E-state index is -0.264. The molecule has 3 atom stereocenters. The largest absolute Gasteiger partial charge is 0.493 e. The van der Waals surface area contributed by atoms with Crippen LogP contribution in [0.15, 0.2) is 12.1 Å². The van der Waals surface area contributed by atoms with Gasteiger partial charge in [-0.25, -0.2) is 0 Å². The van der Waals surface area contributed by atoms with Crippen molar-refractivity contribution in [1.29, 1.82) is 0 Å². The molecule has 0 radical (unpaired) electrons. The quantitative estimate of drug-likeness (QED) is 0.917. The fraction of sp³-hybridized carbons (Fsp3) is 0.700. The second kappa shape index (κ2) is 6.57. The molecule has 0 spiro atoms. The number of methoxy groups -OCH3 is 2. The van der Waals surface area contributed by atoms with E-state index in [1.54, 1.807) is 14.2 Å². The molecule has 2 aliphatic heterocycles. The molecule has 3 rings (SSSR count). The number of benzene rings is 1. The molecule has 0 bridgehead atoms. The molecule has 1 fully saturated rings. The SMILES string of the molecule is COc1cc2c(cc1OC)[C@@H]1C[C@H](O)[C@@](C)(CC(C)C)CN1CC2. The minimum absolute atomic E-state index is 0.0152. The molecule has 2 aliphatic rings. The Morgan fingerprint density at radius 2 is 1.92 bits per heavy atom. The molecule has 1 N–H and O–H groups in total. The molecule has 4 nitrogen and oxygen atoms in total. The van der Waals surface area contributed by atoms with E-state index in [2.05, 4.69) is 37.8 Å². The molecule has 4 heteroatoms. The third-order valence-corrected chi connectivity index (χ3v) is 5.80. The summed E-state index contributed by atoms with van der Waals surface area (Å²) >= 11 is 0. The first kappa shape index (κ1) is 17.6. The molecule has 0 aliphatic carbocycles. The molecule has 134 valence electrons. The lowest BCUT2D eigenvalue weighted by atomic mass is 9.69. The van der Waals surface area contributed by atoms with E-state index in [-0.39, 0.29) is 17.6 Å². The standard InChI is InChI=1S/C20H31NO3/c1-13(2)11-20(3)12-21-7-6-14-8-17(23-4)18(24-5)9-15(14)16(21)10-19(20)22/h8-9,13,16,19,22H,6-7,10-12H2,1-5H3/t16-,19-,20-/m0/s1. The zero-order valence-electron chi connectivity index (χ0n) is 15.6. The molecule has 1 aromatic rings. The van der Waals surface area contributed by atoms with E-state index in [9.17, 15) is 5.11 Å². The van der Waals surface area contributed by atoms with Gasteiger partial charge >= 0.3 is 0 Å². The van der Waals surface area contributed by atoms with Crippen LogP contribution in [0.5, 0.6) is 11.5 Å². The summed E-state index contributed by atoms with van der Waals surface area (Å²) in [4.78, 5) is 2.56. The molecular weight excluding hydrogens is 302 g/mol. The fourth-order valence-electron chi connectivity index (χ4n) is 4.74. The van der Waals surface area contributed by atoms with Gasteiger partial charge in [0.05, 0.1) is 20.3 Å². The van der Waals surface area contributed by atoms with Gasteiger partial charge in [-0.1, -0.05) is 20.8 Å². The lowest BCUT2D eigenvalue weighted by Crippen LogP contribution is -2.53. The summed E-state index contributed by atoms with van der Waals surface area (Å²) in [6.45, 7) is 8.75. The zero-order valence-corrected chi connectivity index (χ0v) is 15.6. The van der Waals surface area contributed by atoms with E-state index in [4.69, 9.17) is 9.47 Å². The van der Waals surface area contributed by atoms with Crippen LogP contribution in [0.2, 0.25) is 0 Å². The fourth-order valence-corrected chi connectivity index (χ4v) is 4.74. The van der Waals surface area contributed by atoms with Crippen molar-refractivity contribution in [3.63, 3.8) is 0 Å². The van der Waals surface area contributed by atoms with Gasteiger partial charge in [0.1, 0.15) is 0 Å². The van der Waals surface area contributed by atoms with Crippen LogP contribution in [-0.4, -0.2) is 43.4 Å². The highest BCUT2D eigenvalue weighted by atomic mass is 16.5. The van der Waals surface area contributed by atoms with Gasteiger partial charge in [-0.05, 0) is 48.4 Å².